The van der Waals surface area contributed by atoms with Gasteiger partial charge in [-0.25, -0.2) is 8.42 Å². The summed E-state index contributed by atoms with van der Waals surface area (Å²) in [4.78, 5) is 12.4. The van der Waals surface area contributed by atoms with Crippen LogP contribution in [0.3, 0.4) is 0 Å². The highest BCUT2D eigenvalue weighted by atomic mass is 32.2. The number of nitro benzene ring substituents is 1. The summed E-state index contributed by atoms with van der Waals surface area (Å²) in [5.74, 6) is 0.689. The molecule has 0 aliphatic carbocycles. The number of sulfonamides is 1. The van der Waals surface area contributed by atoms with Crippen LogP contribution in [0.4, 0.5) is 11.4 Å². The van der Waals surface area contributed by atoms with E-state index in [1.807, 2.05) is 19.0 Å². The number of rotatable bonds is 7. The first-order valence-electron chi connectivity index (χ1n) is 8.93. The van der Waals surface area contributed by atoms with Gasteiger partial charge >= 0.3 is 0 Å². The van der Waals surface area contributed by atoms with Crippen LogP contribution >= 0.6 is 0 Å². The molecule has 0 amide bonds. The van der Waals surface area contributed by atoms with Crippen LogP contribution in [0.25, 0.3) is 0 Å². The topological polar surface area (TPSA) is 111 Å². The number of ether oxygens (including phenoxy) is 2. The number of non-ortho nitro benzene ring substituents is 1. The maximum absolute atomic E-state index is 12.7. The first-order valence-corrected chi connectivity index (χ1v) is 10.6. The van der Waals surface area contributed by atoms with E-state index in [9.17, 15) is 18.5 Å². The summed E-state index contributed by atoms with van der Waals surface area (Å²) in [7, 11) is 1.65. The first kappa shape index (κ1) is 20.9. The lowest BCUT2D eigenvalue weighted by molar-refractivity contribution is -0.384. The van der Waals surface area contributed by atoms with Crippen molar-refractivity contribution in [1.29, 1.82) is 0 Å². The van der Waals surface area contributed by atoms with E-state index in [2.05, 4.69) is 4.72 Å². The van der Waals surface area contributed by atoms with Gasteiger partial charge in [0.25, 0.3) is 5.69 Å². The highest BCUT2D eigenvalue weighted by Crippen LogP contribution is 2.40. The molecular weight excluding hydrogens is 398 g/mol. The number of hydrogen-bond acceptors (Lipinski definition) is 7. The van der Waals surface area contributed by atoms with Gasteiger partial charge in [0.15, 0.2) is 0 Å². The molecule has 1 N–H and O–H groups in total. The molecule has 29 heavy (non-hydrogen) atoms. The predicted octanol–water partition coefficient (Wildman–Crippen LogP) is 2.41. The standard InChI is InChI=1S/C19H23N3O6S/c1-21(2)15-10-16-18(27-3)8-7-17(19(16)28-11-15)20-29(25,26)12-13-5-4-6-14(9-13)22(23)24/h4-9,15,20H,10-12H2,1-3H3/t15-/m1/s1. The molecule has 1 heterocycles. The summed E-state index contributed by atoms with van der Waals surface area (Å²) in [5.41, 5.74) is 1.29. The fraction of sp³-hybridized carbons (Fsp3) is 0.368. The van der Waals surface area contributed by atoms with Gasteiger partial charge < -0.3 is 14.4 Å². The number of benzene rings is 2. The van der Waals surface area contributed by atoms with Gasteiger partial charge in [-0.05, 0) is 38.2 Å². The van der Waals surface area contributed by atoms with E-state index in [1.54, 1.807) is 19.2 Å². The predicted molar refractivity (Wildman–Crippen MR) is 109 cm³/mol. The molecule has 3 rings (SSSR count). The smallest absolute Gasteiger partial charge is 0.269 e. The number of nitro groups is 1. The lowest BCUT2D eigenvalue weighted by Crippen LogP contribution is -2.38. The normalized spacial score (nSPS) is 16.1. The zero-order chi connectivity index (χ0) is 21.2. The van der Waals surface area contributed by atoms with Gasteiger partial charge in [-0.2, -0.15) is 0 Å². The molecule has 9 nitrogen and oxygen atoms in total. The molecule has 0 unspecified atom stereocenters. The average Bonchev–Trinajstić information content (AvgIpc) is 2.67. The quantitative estimate of drug-likeness (QED) is 0.540. The zero-order valence-electron chi connectivity index (χ0n) is 16.4. The van der Waals surface area contributed by atoms with Crippen molar-refractivity contribution in [3.63, 3.8) is 0 Å². The fourth-order valence-corrected chi connectivity index (χ4v) is 4.41. The van der Waals surface area contributed by atoms with E-state index in [0.717, 1.165) is 5.56 Å². The molecule has 1 aliphatic heterocycles. The number of hydrogen-bond donors (Lipinski definition) is 1. The first-order chi connectivity index (χ1) is 13.7. The minimum absolute atomic E-state index is 0.146. The van der Waals surface area contributed by atoms with Crippen molar-refractivity contribution >= 4 is 21.4 Å². The molecule has 1 atom stereocenters. The summed E-state index contributed by atoms with van der Waals surface area (Å²) in [6, 6.07) is 9.01. The van der Waals surface area contributed by atoms with Crippen LogP contribution in [-0.2, 0) is 22.2 Å². The third-order valence-electron chi connectivity index (χ3n) is 4.77. The lowest BCUT2D eigenvalue weighted by Gasteiger charge is -2.32. The third-order valence-corrected chi connectivity index (χ3v) is 6.02. The van der Waals surface area contributed by atoms with E-state index in [4.69, 9.17) is 9.47 Å². The van der Waals surface area contributed by atoms with E-state index in [-0.39, 0.29) is 11.7 Å². The van der Waals surface area contributed by atoms with Crippen LogP contribution in [0.2, 0.25) is 0 Å². The van der Waals surface area contributed by atoms with Crippen molar-refractivity contribution in [2.24, 2.45) is 0 Å². The van der Waals surface area contributed by atoms with E-state index >= 15 is 0 Å². The van der Waals surface area contributed by atoms with Crippen molar-refractivity contribution in [3.8, 4) is 11.5 Å². The lowest BCUT2D eigenvalue weighted by atomic mass is 10.00. The maximum atomic E-state index is 12.7. The maximum Gasteiger partial charge on any atom is 0.269 e. The Hall–Kier alpha value is -2.85. The summed E-state index contributed by atoms with van der Waals surface area (Å²) in [5, 5.41) is 10.9. The minimum Gasteiger partial charge on any atom is -0.496 e. The summed E-state index contributed by atoms with van der Waals surface area (Å²) < 4.78 is 39.2. The Labute approximate surface area is 169 Å². The zero-order valence-corrected chi connectivity index (χ0v) is 17.2. The Morgan fingerprint density at radius 2 is 2.07 bits per heavy atom. The van der Waals surface area contributed by atoms with Gasteiger partial charge in [0, 0.05) is 23.7 Å². The van der Waals surface area contributed by atoms with Crippen molar-refractivity contribution in [3.05, 3.63) is 57.6 Å². The highest BCUT2D eigenvalue weighted by molar-refractivity contribution is 7.91. The van der Waals surface area contributed by atoms with Gasteiger partial charge in [0.05, 0.1) is 23.5 Å². The van der Waals surface area contributed by atoms with Crippen LogP contribution in [0, 0.1) is 10.1 Å². The Morgan fingerprint density at radius 3 is 2.72 bits per heavy atom. The van der Waals surface area contributed by atoms with E-state index in [0.29, 0.717) is 35.8 Å². The molecule has 0 saturated carbocycles. The molecule has 0 saturated heterocycles. The second-order valence-corrected chi connectivity index (χ2v) is 8.77. The van der Waals surface area contributed by atoms with Gasteiger partial charge in [0.2, 0.25) is 10.0 Å². The van der Waals surface area contributed by atoms with Crippen molar-refractivity contribution < 1.29 is 22.8 Å². The Balaban J connectivity index is 1.87. The SMILES string of the molecule is COc1ccc(NS(=O)(=O)Cc2cccc([N+](=O)[O-])c2)c2c1C[C@@H](N(C)C)CO2. The van der Waals surface area contributed by atoms with Gasteiger partial charge in [-0.1, -0.05) is 12.1 Å². The number of nitrogens with zero attached hydrogens (tertiary/aromatic N) is 2. The molecule has 1 aliphatic rings. The number of methoxy groups -OCH3 is 1. The monoisotopic (exact) mass is 421 g/mol. The van der Waals surface area contributed by atoms with Crippen LogP contribution in [0.15, 0.2) is 36.4 Å². The van der Waals surface area contributed by atoms with E-state index in [1.165, 1.54) is 24.3 Å². The molecular formula is C19H23N3O6S. The van der Waals surface area contributed by atoms with E-state index < -0.39 is 20.7 Å². The second-order valence-electron chi connectivity index (χ2n) is 7.04. The molecule has 2 aromatic carbocycles. The van der Waals surface area contributed by atoms with Crippen LogP contribution in [0.5, 0.6) is 11.5 Å². The average molecular weight is 421 g/mol. The van der Waals surface area contributed by atoms with Crippen LogP contribution in [-0.4, -0.2) is 52.1 Å². The van der Waals surface area contributed by atoms with Gasteiger partial charge in [0.1, 0.15) is 18.1 Å². The molecule has 2 aromatic rings. The highest BCUT2D eigenvalue weighted by Gasteiger charge is 2.28. The summed E-state index contributed by atoms with van der Waals surface area (Å²) in [6.07, 6.45) is 0.659. The number of likely N-dealkylation sites (N-methyl/N-ethyl adjacent to an activating group) is 1. The number of nitrogens with one attached hydrogen (secondary N) is 1. The molecule has 0 fully saturated rings. The summed E-state index contributed by atoms with van der Waals surface area (Å²) >= 11 is 0. The number of anilines is 1. The second kappa shape index (κ2) is 8.26. The Bertz CT molecular complexity index is 1020. The van der Waals surface area contributed by atoms with Crippen LogP contribution < -0.4 is 14.2 Å². The number of fused-ring (bicyclic) bond motifs is 1. The summed E-state index contributed by atoms with van der Waals surface area (Å²) in [6.45, 7) is 0.423. The Morgan fingerprint density at radius 1 is 1.31 bits per heavy atom. The fourth-order valence-electron chi connectivity index (χ4n) is 3.23. The van der Waals surface area contributed by atoms with Gasteiger partial charge in [-0.15, -0.1) is 0 Å². The molecule has 156 valence electrons. The van der Waals surface area contributed by atoms with Crippen molar-refractivity contribution in [2.75, 3.05) is 32.5 Å². The molecule has 0 spiro atoms. The molecule has 10 heteroatoms. The van der Waals surface area contributed by atoms with Gasteiger partial charge in [-0.3, -0.25) is 14.8 Å². The Kier molecular flexibility index (Phi) is 5.94. The van der Waals surface area contributed by atoms with Crippen molar-refractivity contribution in [1.82, 2.24) is 4.90 Å². The molecule has 0 aromatic heterocycles. The minimum atomic E-state index is -3.82. The largest absolute Gasteiger partial charge is 0.496 e. The van der Waals surface area contributed by atoms with Crippen LogP contribution in [0.1, 0.15) is 11.1 Å². The molecule has 0 radical (unpaired) electrons. The third kappa shape index (κ3) is 4.77. The van der Waals surface area contributed by atoms with Crippen molar-refractivity contribution in [2.45, 2.75) is 18.2 Å². The molecule has 0 bridgehead atoms.